The van der Waals surface area contributed by atoms with Crippen molar-refractivity contribution in [1.82, 2.24) is 9.47 Å². The van der Waals surface area contributed by atoms with E-state index in [4.69, 9.17) is 21.7 Å². The molecule has 2 aromatic carbocycles. The van der Waals surface area contributed by atoms with Gasteiger partial charge >= 0.3 is 0 Å². The molecule has 1 N–H and O–H groups in total. The number of anilines is 1. The molecule has 7 heteroatoms. The Bertz CT molecular complexity index is 1040. The van der Waals surface area contributed by atoms with Gasteiger partial charge in [0.25, 0.3) is 0 Å². The second-order valence-electron chi connectivity index (χ2n) is 6.74. The van der Waals surface area contributed by atoms with Gasteiger partial charge in [-0.05, 0) is 42.5 Å². The van der Waals surface area contributed by atoms with Gasteiger partial charge in [-0.15, -0.1) is 0 Å². The first-order valence-electron chi connectivity index (χ1n) is 9.31. The Balaban J connectivity index is 1.70. The first-order chi connectivity index (χ1) is 14.1. The maximum Gasteiger partial charge on any atom is 0.174 e. The van der Waals surface area contributed by atoms with Crippen LogP contribution >= 0.6 is 12.2 Å². The van der Waals surface area contributed by atoms with Gasteiger partial charge < -0.3 is 24.3 Å². The molecule has 29 heavy (non-hydrogen) atoms. The van der Waals surface area contributed by atoms with Crippen LogP contribution in [0.15, 0.2) is 60.8 Å². The largest absolute Gasteiger partial charge is 0.497 e. The van der Waals surface area contributed by atoms with Gasteiger partial charge in [0.2, 0.25) is 0 Å². The number of nitrogens with zero attached hydrogens (tertiary/aromatic N) is 2. The minimum atomic E-state index is -0.323. The maximum absolute atomic E-state index is 14.7. The monoisotopic (exact) mass is 411 g/mol. The van der Waals surface area contributed by atoms with E-state index in [-0.39, 0.29) is 11.9 Å². The van der Waals surface area contributed by atoms with Gasteiger partial charge in [-0.2, -0.15) is 0 Å². The fourth-order valence-electron chi connectivity index (χ4n) is 3.73. The number of halogens is 1. The van der Waals surface area contributed by atoms with Gasteiger partial charge in [-0.3, -0.25) is 0 Å². The molecule has 5 nitrogen and oxygen atoms in total. The molecule has 0 saturated carbocycles. The summed E-state index contributed by atoms with van der Waals surface area (Å²) in [4.78, 5) is 2.02. The van der Waals surface area contributed by atoms with Gasteiger partial charge in [0.05, 0.1) is 25.9 Å². The summed E-state index contributed by atoms with van der Waals surface area (Å²) in [6.07, 6.45) is 2.02. The molecule has 0 radical (unpaired) electrons. The van der Waals surface area contributed by atoms with Crippen molar-refractivity contribution in [2.24, 2.45) is 0 Å². The fourth-order valence-corrected chi connectivity index (χ4v) is 4.03. The highest BCUT2D eigenvalue weighted by Crippen LogP contribution is 2.35. The van der Waals surface area contributed by atoms with E-state index in [1.165, 1.54) is 6.07 Å². The minimum Gasteiger partial charge on any atom is -0.497 e. The number of aromatic nitrogens is 1. The van der Waals surface area contributed by atoms with Crippen LogP contribution in [0.3, 0.4) is 0 Å². The summed E-state index contributed by atoms with van der Waals surface area (Å²) in [6, 6.07) is 16.0. The molecule has 4 rings (SSSR count). The second kappa shape index (κ2) is 8.13. The first-order valence-corrected chi connectivity index (χ1v) is 9.72. The number of rotatable bonds is 4. The van der Waals surface area contributed by atoms with Gasteiger partial charge in [0.1, 0.15) is 17.3 Å². The molecule has 0 amide bonds. The lowest BCUT2D eigenvalue weighted by Gasteiger charge is -2.39. The van der Waals surface area contributed by atoms with E-state index < -0.39 is 0 Å². The van der Waals surface area contributed by atoms with Gasteiger partial charge in [0.15, 0.2) is 5.11 Å². The molecule has 1 atom stereocenters. The van der Waals surface area contributed by atoms with Crippen LogP contribution in [0.2, 0.25) is 0 Å². The molecule has 0 aliphatic carbocycles. The van der Waals surface area contributed by atoms with Crippen LogP contribution in [-0.2, 0) is 6.54 Å². The van der Waals surface area contributed by atoms with E-state index in [0.29, 0.717) is 34.4 Å². The highest BCUT2D eigenvalue weighted by atomic mass is 32.1. The highest BCUT2D eigenvalue weighted by Gasteiger charge is 2.32. The maximum atomic E-state index is 14.7. The zero-order valence-corrected chi connectivity index (χ0v) is 17.1. The van der Waals surface area contributed by atoms with E-state index in [9.17, 15) is 4.39 Å². The summed E-state index contributed by atoms with van der Waals surface area (Å²) in [7, 11) is 3.21. The fraction of sp³-hybridized carbons (Fsp3) is 0.227. The van der Waals surface area contributed by atoms with Crippen molar-refractivity contribution in [3.05, 3.63) is 77.9 Å². The number of thiocarbonyl (C=S) groups is 1. The highest BCUT2D eigenvalue weighted by molar-refractivity contribution is 7.80. The summed E-state index contributed by atoms with van der Waals surface area (Å²) in [5.41, 5.74) is 2.29. The molecule has 3 aromatic rings. The molecule has 0 saturated heterocycles. The lowest BCUT2D eigenvalue weighted by Crippen LogP contribution is -2.44. The van der Waals surface area contributed by atoms with Crippen LogP contribution in [0.25, 0.3) is 0 Å². The SMILES string of the molecule is COc1ccc(OC)c(NC(=S)N2CCn3cccc3[C@H]2c2ccccc2F)c1. The zero-order valence-electron chi connectivity index (χ0n) is 16.3. The number of hydrogen-bond acceptors (Lipinski definition) is 3. The number of nitrogens with one attached hydrogen (secondary N) is 1. The van der Waals surface area contributed by atoms with Crippen LogP contribution < -0.4 is 14.8 Å². The van der Waals surface area contributed by atoms with Crippen molar-refractivity contribution in [3.63, 3.8) is 0 Å². The number of methoxy groups -OCH3 is 2. The first kappa shape index (κ1) is 19.3. The predicted molar refractivity (Wildman–Crippen MR) is 115 cm³/mol. The van der Waals surface area contributed by atoms with E-state index in [1.807, 2.05) is 53.6 Å². The Labute approximate surface area is 174 Å². The summed E-state index contributed by atoms with van der Waals surface area (Å²) < 4.78 is 27.6. The van der Waals surface area contributed by atoms with Crippen molar-refractivity contribution in [2.75, 3.05) is 26.1 Å². The van der Waals surface area contributed by atoms with Crippen LogP contribution in [-0.4, -0.2) is 35.3 Å². The lowest BCUT2D eigenvalue weighted by atomic mass is 10.00. The predicted octanol–water partition coefficient (Wildman–Crippen LogP) is 4.45. The summed E-state index contributed by atoms with van der Waals surface area (Å²) in [5.74, 6) is 1.09. The van der Waals surface area contributed by atoms with Crippen molar-refractivity contribution in [3.8, 4) is 11.5 Å². The van der Waals surface area contributed by atoms with Crippen LogP contribution in [0.1, 0.15) is 17.3 Å². The Kier molecular flexibility index (Phi) is 5.40. The van der Waals surface area contributed by atoms with Gasteiger partial charge in [-0.1, -0.05) is 18.2 Å². The third-order valence-electron chi connectivity index (χ3n) is 5.15. The minimum absolute atomic E-state index is 0.251. The molecule has 1 aliphatic rings. The molecule has 0 spiro atoms. The molecule has 1 aliphatic heterocycles. The summed E-state index contributed by atoms with van der Waals surface area (Å²) in [5, 5.41) is 3.77. The standard InChI is InChI=1S/C22H22FN3O2S/c1-27-15-9-10-20(28-2)18(14-15)24-22(29)26-13-12-25-11-5-8-19(25)21(26)16-6-3-4-7-17(16)23/h3-11,14,21H,12-13H2,1-2H3,(H,24,29)/t21-/m1/s1. The molecule has 0 unspecified atom stereocenters. The molecule has 1 aromatic heterocycles. The average molecular weight is 412 g/mol. The molecule has 150 valence electrons. The topological polar surface area (TPSA) is 38.7 Å². The van der Waals surface area contributed by atoms with E-state index in [1.54, 1.807) is 20.3 Å². The number of hydrogen-bond donors (Lipinski definition) is 1. The average Bonchev–Trinajstić information content (AvgIpc) is 3.22. The normalized spacial score (nSPS) is 15.6. The number of fused-ring (bicyclic) bond motifs is 1. The zero-order chi connectivity index (χ0) is 20.4. The number of benzene rings is 2. The Hall–Kier alpha value is -3.06. The Morgan fingerprint density at radius 1 is 1.07 bits per heavy atom. The Morgan fingerprint density at radius 3 is 2.66 bits per heavy atom. The molecular weight excluding hydrogens is 389 g/mol. The molecule has 0 fully saturated rings. The molecular formula is C22H22FN3O2S. The van der Waals surface area contributed by atoms with Crippen molar-refractivity contribution in [1.29, 1.82) is 0 Å². The number of ether oxygens (including phenoxy) is 2. The third-order valence-corrected chi connectivity index (χ3v) is 5.48. The Morgan fingerprint density at radius 2 is 1.90 bits per heavy atom. The van der Waals surface area contributed by atoms with E-state index in [2.05, 4.69) is 9.88 Å². The van der Waals surface area contributed by atoms with Crippen LogP contribution in [0.4, 0.5) is 10.1 Å². The summed E-state index contributed by atoms with van der Waals surface area (Å²) >= 11 is 5.75. The molecule has 2 heterocycles. The molecule has 0 bridgehead atoms. The second-order valence-corrected chi connectivity index (χ2v) is 7.13. The summed E-state index contributed by atoms with van der Waals surface area (Å²) in [6.45, 7) is 1.42. The van der Waals surface area contributed by atoms with Gasteiger partial charge in [0, 0.05) is 36.6 Å². The van der Waals surface area contributed by atoms with Crippen molar-refractivity contribution < 1.29 is 13.9 Å². The van der Waals surface area contributed by atoms with Gasteiger partial charge in [-0.25, -0.2) is 4.39 Å². The van der Waals surface area contributed by atoms with E-state index >= 15 is 0 Å². The van der Waals surface area contributed by atoms with Crippen LogP contribution in [0.5, 0.6) is 11.5 Å². The van der Waals surface area contributed by atoms with Crippen molar-refractivity contribution in [2.45, 2.75) is 12.6 Å². The smallest absolute Gasteiger partial charge is 0.174 e. The quantitative estimate of drug-likeness (QED) is 0.643. The van der Waals surface area contributed by atoms with E-state index in [0.717, 1.165) is 12.2 Å². The third kappa shape index (κ3) is 3.65. The van der Waals surface area contributed by atoms with Crippen LogP contribution in [0, 0.1) is 5.82 Å². The lowest BCUT2D eigenvalue weighted by molar-refractivity contribution is 0.287. The van der Waals surface area contributed by atoms with Crippen molar-refractivity contribution >= 4 is 23.0 Å².